The van der Waals surface area contributed by atoms with E-state index in [4.69, 9.17) is 15.0 Å². The highest BCUT2D eigenvalue weighted by atomic mass is 15.3. The lowest BCUT2D eigenvalue weighted by Gasteiger charge is -2.35. The normalized spacial score (nSPS) is 21.9. The second kappa shape index (κ2) is 8.45. The van der Waals surface area contributed by atoms with Crippen molar-refractivity contribution >= 4 is 11.6 Å². The van der Waals surface area contributed by atoms with Crippen LogP contribution < -0.4 is 4.90 Å². The van der Waals surface area contributed by atoms with Crippen molar-refractivity contribution in [2.75, 3.05) is 44.7 Å². The third-order valence-corrected chi connectivity index (χ3v) is 7.39. The largest absolute Gasteiger partial charge is 0.339 e. The van der Waals surface area contributed by atoms with E-state index < -0.39 is 0 Å². The zero-order valence-electron chi connectivity index (χ0n) is 19.0. The Labute approximate surface area is 190 Å². The number of rotatable bonds is 6. The summed E-state index contributed by atoms with van der Waals surface area (Å²) in [7, 11) is 2.21. The minimum absolute atomic E-state index is 0.363. The molecule has 1 saturated carbocycles. The summed E-state index contributed by atoms with van der Waals surface area (Å²) in [5, 5.41) is 0. The number of imidazole rings is 1. The van der Waals surface area contributed by atoms with Crippen LogP contribution in [-0.4, -0.2) is 68.9 Å². The van der Waals surface area contributed by atoms with E-state index in [9.17, 15) is 0 Å². The van der Waals surface area contributed by atoms with Gasteiger partial charge in [0.15, 0.2) is 0 Å². The summed E-state index contributed by atoms with van der Waals surface area (Å²) in [6.45, 7) is 6.44. The quantitative estimate of drug-likeness (QED) is 0.598. The fraction of sp³-hybridized carbons (Fsp3) is 0.560. The molecule has 1 saturated heterocycles. The molecule has 3 aromatic rings. The van der Waals surface area contributed by atoms with Gasteiger partial charge in [0.05, 0.1) is 17.4 Å². The Hall–Kier alpha value is -2.51. The molecule has 6 rings (SSSR count). The maximum absolute atomic E-state index is 4.95. The average molecular weight is 432 g/mol. The Kier molecular flexibility index (Phi) is 5.31. The fourth-order valence-electron chi connectivity index (χ4n) is 5.44. The first-order valence-electron chi connectivity index (χ1n) is 12.2. The maximum Gasteiger partial charge on any atom is 0.211 e. The lowest BCUT2D eigenvalue weighted by atomic mass is 9.91. The van der Waals surface area contributed by atoms with E-state index in [1.165, 1.54) is 37.1 Å². The zero-order chi connectivity index (χ0) is 21.5. The van der Waals surface area contributed by atoms with E-state index in [-0.39, 0.29) is 0 Å². The van der Waals surface area contributed by atoms with Gasteiger partial charge in [-0.15, -0.1) is 0 Å². The molecule has 2 fully saturated rings. The Balaban J connectivity index is 1.18. The minimum atomic E-state index is 0.363. The second-order valence-corrected chi connectivity index (χ2v) is 9.81. The van der Waals surface area contributed by atoms with E-state index in [2.05, 4.69) is 44.5 Å². The van der Waals surface area contributed by atoms with Crippen molar-refractivity contribution in [1.82, 2.24) is 29.2 Å². The van der Waals surface area contributed by atoms with E-state index >= 15 is 0 Å². The molecule has 2 aliphatic carbocycles. The van der Waals surface area contributed by atoms with Crippen molar-refractivity contribution in [2.24, 2.45) is 5.92 Å². The number of piperazine rings is 1. The predicted octanol–water partition coefficient (Wildman–Crippen LogP) is 3.17. The highest BCUT2D eigenvalue weighted by Crippen LogP contribution is 2.33. The summed E-state index contributed by atoms with van der Waals surface area (Å²) in [4.78, 5) is 21.9. The molecule has 4 heterocycles. The molecule has 0 amide bonds. The topological polar surface area (TPSA) is 52.8 Å². The van der Waals surface area contributed by atoms with Crippen LogP contribution in [0, 0.1) is 5.92 Å². The van der Waals surface area contributed by atoms with Gasteiger partial charge in [0.25, 0.3) is 0 Å². The van der Waals surface area contributed by atoms with Gasteiger partial charge >= 0.3 is 0 Å². The summed E-state index contributed by atoms with van der Waals surface area (Å²) in [5.41, 5.74) is 4.73. The fourth-order valence-corrected chi connectivity index (χ4v) is 5.44. The van der Waals surface area contributed by atoms with Crippen LogP contribution in [0.2, 0.25) is 0 Å². The van der Waals surface area contributed by atoms with Crippen LogP contribution in [0.4, 0.5) is 5.95 Å². The SMILES string of the molecule is CN(Cc1cn2c(N3CCN(CC4CC4)CC3)nccc2n1)C1CCCc2cccnc21. The maximum atomic E-state index is 4.95. The van der Waals surface area contributed by atoms with Crippen LogP contribution in [0.5, 0.6) is 0 Å². The number of aromatic nitrogens is 4. The Morgan fingerprint density at radius 1 is 1.03 bits per heavy atom. The van der Waals surface area contributed by atoms with Crippen LogP contribution in [0.1, 0.15) is 48.7 Å². The first-order valence-corrected chi connectivity index (χ1v) is 12.2. The first-order chi connectivity index (χ1) is 15.7. The summed E-state index contributed by atoms with van der Waals surface area (Å²) in [6, 6.07) is 6.68. The predicted molar refractivity (Wildman–Crippen MR) is 126 cm³/mol. The van der Waals surface area contributed by atoms with Crippen LogP contribution >= 0.6 is 0 Å². The summed E-state index contributed by atoms with van der Waals surface area (Å²) < 4.78 is 2.19. The van der Waals surface area contributed by atoms with Crippen molar-refractivity contribution in [3.8, 4) is 0 Å². The number of nitrogens with zero attached hydrogens (tertiary/aromatic N) is 7. The highest BCUT2D eigenvalue weighted by molar-refractivity contribution is 5.48. The van der Waals surface area contributed by atoms with Crippen molar-refractivity contribution in [2.45, 2.75) is 44.7 Å². The molecule has 0 radical (unpaired) electrons. The molecule has 168 valence electrons. The molecule has 0 aromatic carbocycles. The van der Waals surface area contributed by atoms with Gasteiger partial charge in [-0.1, -0.05) is 6.07 Å². The van der Waals surface area contributed by atoms with Crippen LogP contribution in [0.3, 0.4) is 0 Å². The molecule has 32 heavy (non-hydrogen) atoms. The molecule has 0 spiro atoms. The third-order valence-electron chi connectivity index (χ3n) is 7.39. The molecule has 1 atom stereocenters. The number of fused-ring (bicyclic) bond motifs is 2. The molecule has 1 aliphatic heterocycles. The van der Waals surface area contributed by atoms with E-state index in [1.54, 1.807) is 0 Å². The van der Waals surface area contributed by atoms with Gasteiger partial charge in [0.2, 0.25) is 5.95 Å². The average Bonchev–Trinajstić information content (AvgIpc) is 3.54. The molecule has 7 nitrogen and oxygen atoms in total. The van der Waals surface area contributed by atoms with E-state index in [0.717, 1.165) is 68.8 Å². The van der Waals surface area contributed by atoms with E-state index in [0.29, 0.717) is 6.04 Å². The van der Waals surface area contributed by atoms with Gasteiger partial charge in [0, 0.05) is 57.9 Å². The second-order valence-electron chi connectivity index (χ2n) is 9.81. The molecule has 3 aliphatic rings. The van der Waals surface area contributed by atoms with Gasteiger partial charge in [-0.3, -0.25) is 19.2 Å². The molecule has 7 heteroatoms. The number of anilines is 1. The number of hydrogen-bond donors (Lipinski definition) is 0. The van der Waals surface area contributed by atoms with Crippen LogP contribution in [0.25, 0.3) is 5.65 Å². The van der Waals surface area contributed by atoms with E-state index in [1.807, 2.05) is 18.5 Å². The van der Waals surface area contributed by atoms with Gasteiger partial charge < -0.3 is 4.90 Å². The van der Waals surface area contributed by atoms with Crippen LogP contribution in [-0.2, 0) is 13.0 Å². The Morgan fingerprint density at radius 3 is 2.75 bits per heavy atom. The third kappa shape index (κ3) is 3.99. The Bertz CT molecular complexity index is 1080. The zero-order valence-corrected chi connectivity index (χ0v) is 19.0. The van der Waals surface area contributed by atoms with Gasteiger partial charge in [-0.05, 0) is 62.8 Å². The molecule has 0 N–H and O–H groups in total. The smallest absolute Gasteiger partial charge is 0.211 e. The van der Waals surface area contributed by atoms with Crippen molar-refractivity contribution < 1.29 is 0 Å². The molecular formula is C25H33N7. The monoisotopic (exact) mass is 431 g/mol. The van der Waals surface area contributed by atoms with Gasteiger partial charge in [-0.2, -0.15) is 0 Å². The summed E-state index contributed by atoms with van der Waals surface area (Å²) in [5.74, 6) is 1.99. The number of hydrogen-bond acceptors (Lipinski definition) is 6. The van der Waals surface area contributed by atoms with Crippen molar-refractivity contribution in [3.63, 3.8) is 0 Å². The van der Waals surface area contributed by atoms with Gasteiger partial charge in [0.1, 0.15) is 5.65 Å². The Morgan fingerprint density at radius 2 is 1.91 bits per heavy atom. The standard InChI is InChI=1S/C25H33N7/c1-29(22-6-2-4-20-5-3-10-26-24(20)22)17-21-18-32-23(28-21)9-11-27-25(32)31-14-12-30(13-15-31)16-19-7-8-19/h3,5,9-11,18-19,22H,2,4,6-8,12-17H2,1H3. The highest BCUT2D eigenvalue weighted by Gasteiger charge is 2.28. The minimum Gasteiger partial charge on any atom is -0.339 e. The molecule has 0 bridgehead atoms. The number of pyridine rings is 1. The molecule has 3 aromatic heterocycles. The lowest BCUT2D eigenvalue weighted by molar-refractivity contribution is 0.206. The summed E-state index contributed by atoms with van der Waals surface area (Å²) >= 11 is 0. The first kappa shape index (κ1) is 20.1. The molecular weight excluding hydrogens is 398 g/mol. The lowest BCUT2D eigenvalue weighted by Crippen LogP contribution is -2.47. The van der Waals surface area contributed by atoms with Crippen molar-refractivity contribution in [3.05, 3.63) is 53.7 Å². The molecule has 1 unspecified atom stereocenters. The number of aryl methyl sites for hydroxylation is 1. The van der Waals surface area contributed by atoms with Crippen molar-refractivity contribution in [1.29, 1.82) is 0 Å². The van der Waals surface area contributed by atoms with Crippen LogP contribution in [0.15, 0.2) is 36.8 Å². The van der Waals surface area contributed by atoms with Gasteiger partial charge in [-0.25, -0.2) is 9.97 Å². The summed E-state index contributed by atoms with van der Waals surface area (Å²) in [6.07, 6.45) is 12.4.